The molecule has 3 aromatic rings. The Morgan fingerprint density at radius 3 is 2.66 bits per heavy atom. The molecule has 0 spiro atoms. The van der Waals surface area contributed by atoms with Gasteiger partial charge in [-0.3, -0.25) is 4.79 Å². The fourth-order valence-electron chi connectivity index (χ4n) is 4.50. The number of nitriles is 1. The quantitative estimate of drug-likeness (QED) is 0.499. The van der Waals surface area contributed by atoms with Crippen molar-refractivity contribution >= 4 is 22.8 Å². The predicted molar refractivity (Wildman–Crippen MR) is 130 cm³/mol. The lowest BCUT2D eigenvalue weighted by Gasteiger charge is -2.34. The van der Waals surface area contributed by atoms with Gasteiger partial charge in [0.1, 0.15) is 12.2 Å². The van der Waals surface area contributed by atoms with Gasteiger partial charge in [0, 0.05) is 12.1 Å². The van der Waals surface area contributed by atoms with Gasteiger partial charge in [-0.25, -0.2) is 9.97 Å². The molecule has 35 heavy (non-hydrogen) atoms. The molecule has 1 aromatic heterocycles. The molecule has 0 unspecified atom stereocenters. The fraction of sp³-hybridized carbons (Fsp3) is 0.308. The third kappa shape index (κ3) is 4.74. The van der Waals surface area contributed by atoms with Crippen LogP contribution in [0.3, 0.4) is 0 Å². The Morgan fingerprint density at radius 1 is 1.17 bits per heavy atom. The van der Waals surface area contributed by atoms with Crippen molar-refractivity contribution in [2.75, 3.05) is 44.4 Å². The van der Waals surface area contributed by atoms with Gasteiger partial charge >= 0.3 is 0 Å². The molecule has 5 rings (SSSR count). The number of piperazine rings is 1. The van der Waals surface area contributed by atoms with E-state index in [0.29, 0.717) is 17.0 Å². The summed E-state index contributed by atoms with van der Waals surface area (Å²) >= 11 is 0. The van der Waals surface area contributed by atoms with Crippen LogP contribution in [0.25, 0.3) is 11.0 Å². The van der Waals surface area contributed by atoms with Crippen molar-refractivity contribution in [3.8, 4) is 17.6 Å². The number of hydrogen-bond donors (Lipinski definition) is 2. The summed E-state index contributed by atoms with van der Waals surface area (Å²) in [5, 5.41) is 12.6. The lowest BCUT2D eigenvalue weighted by molar-refractivity contribution is -0.914. The molecule has 0 bridgehead atoms. The summed E-state index contributed by atoms with van der Waals surface area (Å²) < 4.78 is 10.9. The van der Waals surface area contributed by atoms with Gasteiger partial charge in [0.05, 0.1) is 43.3 Å². The van der Waals surface area contributed by atoms with Crippen LogP contribution in [0, 0.1) is 11.3 Å². The number of ether oxygens (including phenoxy) is 2. The Labute approximate surface area is 203 Å². The van der Waals surface area contributed by atoms with E-state index >= 15 is 0 Å². The third-order valence-electron chi connectivity index (χ3n) is 6.32. The highest BCUT2D eigenvalue weighted by molar-refractivity contribution is 5.89. The molecule has 178 valence electrons. The van der Waals surface area contributed by atoms with Crippen molar-refractivity contribution in [3.63, 3.8) is 0 Å². The first-order valence-electron chi connectivity index (χ1n) is 11.7. The van der Waals surface area contributed by atoms with E-state index in [4.69, 9.17) is 19.4 Å². The highest BCUT2D eigenvalue weighted by atomic mass is 16.7. The number of para-hydroxylation sites is 2. The zero-order chi connectivity index (χ0) is 24.2. The number of rotatable bonds is 7. The molecule has 1 amide bonds. The van der Waals surface area contributed by atoms with Gasteiger partial charge in [-0.1, -0.05) is 18.2 Å². The van der Waals surface area contributed by atoms with Gasteiger partial charge in [0.15, 0.2) is 23.2 Å². The summed E-state index contributed by atoms with van der Waals surface area (Å²) in [7, 11) is 0. The highest BCUT2D eigenvalue weighted by Gasteiger charge is 2.31. The number of benzene rings is 2. The minimum absolute atomic E-state index is 0.273. The average Bonchev–Trinajstić information content (AvgIpc) is 3.36. The molecule has 9 nitrogen and oxygen atoms in total. The molecule has 2 aliphatic heterocycles. The molecule has 1 atom stereocenters. The van der Waals surface area contributed by atoms with Crippen LogP contribution in [-0.2, 0) is 11.3 Å². The second-order valence-electron chi connectivity index (χ2n) is 8.62. The molecule has 1 fully saturated rings. The molecule has 1 saturated heterocycles. The highest BCUT2D eigenvalue weighted by Crippen LogP contribution is 2.32. The number of fused-ring (bicyclic) bond motifs is 2. The zero-order valence-electron chi connectivity index (χ0n) is 19.4. The number of hydrogen-bond acceptors (Lipinski definition) is 7. The second kappa shape index (κ2) is 9.99. The van der Waals surface area contributed by atoms with Gasteiger partial charge in [-0.2, -0.15) is 5.26 Å². The minimum Gasteiger partial charge on any atom is -0.454 e. The Bertz CT molecular complexity index is 1300. The molecule has 0 aliphatic carbocycles. The maximum absolute atomic E-state index is 12.7. The summed E-state index contributed by atoms with van der Waals surface area (Å²) in [6, 6.07) is 15.8. The predicted octanol–water partition coefficient (Wildman–Crippen LogP) is 1.17. The Hall–Kier alpha value is -4.16. The lowest BCUT2D eigenvalue weighted by Crippen LogP contribution is -3.13. The number of carbonyl (C=O) groups is 1. The number of aromatic nitrogens is 2. The van der Waals surface area contributed by atoms with Crippen LogP contribution >= 0.6 is 0 Å². The number of amides is 1. The first-order chi connectivity index (χ1) is 17.2. The van der Waals surface area contributed by atoms with Gasteiger partial charge in [-0.05, 0) is 30.3 Å². The largest absolute Gasteiger partial charge is 0.454 e. The number of nitrogens with zero attached hydrogens (tertiary/aromatic N) is 4. The average molecular weight is 472 g/mol. The molecule has 2 N–H and O–H groups in total. The van der Waals surface area contributed by atoms with E-state index in [-0.39, 0.29) is 13.3 Å². The van der Waals surface area contributed by atoms with Crippen LogP contribution in [0.1, 0.15) is 17.2 Å². The van der Waals surface area contributed by atoms with E-state index in [9.17, 15) is 10.1 Å². The van der Waals surface area contributed by atoms with Crippen LogP contribution in [0.2, 0.25) is 0 Å². The summed E-state index contributed by atoms with van der Waals surface area (Å²) in [6.07, 6.45) is 1.58. The van der Waals surface area contributed by atoms with E-state index in [1.165, 1.54) is 10.5 Å². The molecule has 9 heteroatoms. The summed E-state index contributed by atoms with van der Waals surface area (Å²) in [5.74, 6) is 0.742. The number of anilines is 1. The topological polar surface area (TPSA) is 105 Å². The molecule has 3 heterocycles. The first-order valence-corrected chi connectivity index (χ1v) is 11.7. The van der Waals surface area contributed by atoms with Gasteiger partial charge in [-0.15, -0.1) is 6.58 Å². The monoisotopic (exact) mass is 471 g/mol. The number of carbonyl (C=O) groups excluding carboxylic acids is 1. The maximum Gasteiger partial charge on any atom is 0.243 e. The van der Waals surface area contributed by atoms with Crippen LogP contribution in [-0.4, -0.2) is 55.4 Å². The van der Waals surface area contributed by atoms with Crippen molar-refractivity contribution in [3.05, 3.63) is 66.4 Å². The summed E-state index contributed by atoms with van der Waals surface area (Å²) in [5.41, 5.74) is 3.00. The molecular formula is C26H27N6O3+. The van der Waals surface area contributed by atoms with Crippen LogP contribution < -0.4 is 24.6 Å². The minimum atomic E-state index is -1.05. The molecular weight excluding hydrogens is 444 g/mol. The SMILES string of the molecule is C=CCNC(=O)[C@H](C#N)c1nc2ccccc2nc1N1CC[NH+](Cc2ccc3c(c2)OCO3)CC1. The summed E-state index contributed by atoms with van der Waals surface area (Å²) in [4.78, 5) is 25.9. The van der Waals surface area contributed by atoms with E-state index in [1.54, 1.807) is 6.08 Å². The van der Waals surface area contributed by atoms with Gasteiger partial charge < -0.3 is 24.6 Å². The first kappa shape index (κ1) is 22.6. The van der Waals surface area contributed by atoms with Crippen molar-refractivity contribution in [2.45, 2.75) is 12.5 Å². The van der Waals surface area contributed by atoms with Crippen molar-refractivity contribution < 1.29 is 19.2 Å². The number of nitrogens with one attached hydrogen (secondary N) is 2. The van der Waals surface area contributed by atoms with Crippen molar-refractivity contribution in [2.24, 2.45) is 0 Å². The standard InChI is InChI=1S/C26H26N6O3/c1-2-9-28-26(33)19(15-27)24-25(30-21-6-4-3-5-20(21)29-24)32-12-10-31(11-13-32)16-18-7-8-22-23(14-18)35-17-34-22/h2-8,14,19H,1,9-13,16-17H2,(H,28,33)/p+1/t19-/m1/s1. The normalized spacial score (nSPS) is 16.0. The lowest BCUT2D eigenvalue weighted by atomic mass is 10.0. The van der Waals surface area contributed by atoms with Crippen LogP contribution in [0.4, 0.5) is 5.82 Å². The van der Waals surface area contributed by atoms with Gasteiger partial charge in [0.25, 0.3) is 0 Å². The van der Waals surface area contributed by atoms with Crippen molar-refractivity contribution in [1.29, 1.82) is 5.26 Å². The van der Waals surface area contributed by atoms with E-state index in [1.807, 2.05) is 36.4 Å². The number of quaternary nitrogens is 1. The van der Waals surface area contributed by atoms with Crippen LogP contribution in [0.15, 0.2) is 55.1 Å². The zero-order valence-corrected chi connectivity index (χ0v) is 19.4. The molecule has 0 radical (unpaired) electrons. The Balaban J connectivity index is 1.36. The maximum atomic E-state index is 12.7. The van der Waals surface area contributed by atoms with Gasteiger partial charge in [0.2, 0.25) is 12.7 Å². The third-order valence-corrected chi connectivity index (χ3v) is 6.32. The van der Waals surface area contributed by atoms with E-state index in [0.717, 1.165) is 49.7 Å². The molecule has 2 aromatic carbocycles. The summed E-state index contributed by atoms with van der Waals surface area (Å²) in [6.45, 7) is 8.33. The Kier molecular flexibility index (Phi) is 6.46. The smallest absolute Gasteiger partial charge is 0.243 e. The fourth-order valence-corrected chi connectivity index (χ4v) is 4.50. The second-order valence-corrected chi connectivity index (χ2v) is 8.62. The Morgan fingerprint density at radius 2 is 1.91 bits per heavy atom. The van der Waals surface area contributed by atoms with Crippen LogP contribution in [0.5, 0.6) is 11.5 Å². The molecule has 2 aliphatic rings. The van der Waals surface area contributed by atoms with E-state index in [2.05, 4.69) is 28.9 Å². The van der Waals surface area contributed by atoms with E-state index < -0.39 is 11.8 Å². The molecule has 0 saturated carbocycles. The van der Waals surface area contributed by atoms with Crippen molar-refractivity contribution in [1.82, 2.24) is 15.3 Å².